The van der Waals surface area contributed by atoms with Gasteiger partial charge < -0.3 is 20.5 Å². The van der Waals surface area contributed by atoms with Gasteiger partial charge >= 0.3 is 12.1 Å². The maximum atomic E-state index is 12.4. The molecule has 1 aliphatic rings. The molecule has 2 amide bonds. The van der Waals surface area contributed by atoms with Crippen LogP contribution >= 0.6 is 0 Å². The second-order valence-corrected chi connectivity index (χ2v) is 8.27. The summed E-state index contributed by atoms with van der Waals surface area (Å²) in [5.74, 6) is -1.72. The second-order valence-electron chi connectivity index (χ2n) is 8.27. The van der Waals surface area contributed by atoms with Gasteiger partial charge in [0.05, 0.1) is 0 Å². The Balaban J connectivity index is 1.24. The van der Waals surface area contributed by atoms with E-state index in [1.165, 1.54) is 17.8 Å². The van der Waals surface area contributed by atoms with Crippen LogP contribution in [0.4, 0.5) is 10.6 Å². The van der Waals surface area contributed by atoms with Gasteiger partial charge in [0.25, 0.3) is 0 Å². The predicted molar refractivity (Wildman–Crippen MR) is 126 cm³/mol. The van der Waals surface area contributed by atoms with Crippen molar-refractivity contribution in [2.75, 3.05) is 18.5 Å². The van der Waals surface area contributed by atoms with Crippen molar-refractivity contribution in [2.45, 2.75) is 19.3 Å². The molecule has 0 fully saturated rings. The van der Waals surface area contributed by atoms with Crippen LogP contribution in [-0.2, 0) is 16.6 Å². The van der Waals surface area contributed by atoms with Crippen molar-refractivity contribution < 1.29 is 24.2 Å². The maximum absolute atomic E-state index is 12.4. The Kier molecular flexibility index (Phi) is 6.62. The highest BCUT2D eigenvalue weighted by atomic mass is 16.5. The van der Waals surface area contributed by atoms with E-state index in [0.717, 1.165) is 22.3 Å². The van der Waals surface area contributed by atoms with E-state index in [1.807, 2.05) is 24.3 Å². The summed E-state index contributed by atoms with van der Waals surface area (Å²) in [4.78, 5) is 35.7. The molecule has 1 aromatic heterocycles. The molecule has 0 saturated carbocycles. The highest BCUT2D eigenvalue weighted by Gasteiger charge is 2.29. The number of aromatic carboxylic acids is 1. The van der Waals surface area contributed by atoms with Crippen molar-refractivity contribution in [3.63, 3.8) is 0 Å². The first-order valence-corrected chi connectivity index (χ1v) is 11.0. The van der Waals surface area contributed by atoms with Gasteiger partial charge in [-0.1, -0.05) is 55.5 Å². The zero-order chi connectivity index (χ0) is 24.2. The van der Waals surface area contributed by atoms with Gasteiger partial charge in [0.1, 0.15) is 12.3 Å². The Labute approximate surface area is 196 Å². The van der Waals surface area contributed by atoms with Crippen LogP contribution in [0.5, 0.6) is 0 Å². The number of amides is 2. The number of aryl methyl sites for hydroxylation is 1. The third-order valence-electron chi connectivity index (χ3n) is 5.99. The van der Waals surface area contributed by atoms with Crippen LogP contribution in [0.25, 0.3) is 11.1 Å². The lowest BCUT2D eigenvalue weighted by Crippen LogP contribution is -2.30. The number of ether oxygens (including phenoxy) is 1. The fraction of sp³-hybridized carbons (Fsp3) is 0.280. The van der Waals surface area contributed by atoms with E-state index in [1.54, 1.807) is 6.92 Å². The van der Waals surface area contributed by atoms with Gasteiger partial charge in [-0.05, 0) is 28.7 Å². The largest absolute Gasteiger partial charge is 0.477 e. The quantitative estimate of drug-likeness (QED) is 0.470. The summed E-state index contributed by atoms with van der Waals surface area (Å²) in [6.45, 7) is 2.20. The summed E-state index contributed by atoms with van der Waals surface area (Å²) in [5, 5.41) is 18.3. The molecule has 0 radical (unpaired) electrons. The summed E-state index contributed by atoms with van der Waals surface area (Å²) in [5.41, 5.74) is 4.58. The number of carboxylic acids is 1. The van der Waals surface area contributed by atoms with Crippen LogP contribution in [0.2, 0.25) is 0 Å². The normalized spacial score (nSPS) is 13.0. The van der Waals surface area contributed by atoms with Crippen LogP contribution in [0, 0.1) is 5.92 Å². The van der Waals surface area contributed by atoms with E-state index >= 15 is 0 Å². The summed E-state index contributed by atoms with van der Waals surface area (Å²) >= 11 is 0. The monoisotopic (exact) mass is 462 g/mol. The van der Waals surface area contributed by atoms with E-state index in [4.69, 9.17) is 9.84 Å². The topological polar surface area (TPSA) is 123 Å². The van der Waals surface area contributed by atoms with Crippen LogP contribution in [0.3, 0.4) is 0 Å². The maximum Gasteiger partial charge on any atom is 0.407 e. The van der Waals surface area contributed by atoms with Crippen LogP contribution in [-0.4, -0.2) is 46.0 Å². The summed E-state index contributed by atoms with van der Waals surface area (Å²) in [6, 6.07) is 17.5. The van der Waals surface area contributed by atoms with Crippen molar-refractivity contribution >= 4 is 23.8 Å². The molecular formula is C25H26N4O5. The number of hydrogen-bond acceptors (Lipinski definition) is 5. The number of carboxylic acid groups (broad SMARTS) is 1. The molecule has 0 spiro atoms. The molecule has 4 rings (SSSR count). The first-order valence-electron chi connectivity index (χ1n) is 11.0. The minimum absolute atomic E-state index is 0.0167. The standard InChI is InChI=1S/C25H26N4O5/c1-15(23(30)27-22-13-21(24(31)32)29(2)28-22)11-12-26-25(33)34-14-20-18-9-5-3-7-16(18)17-8-4-6-10-19(17)20/h3-10,13,15,20H,11-12,14H2,1-2H3,(H,26,33)(H,31,32)(H,27,28,30). The summed E-state index contributed by atoms with van der Waals surface area (Å²) in [7, 11) is 1.49. The lowest BCUT2D eigenvalue weighted by atomic mass is 9.98. The number of aromatic nitrogens is 2. The van der Waals surface area contributed by atoms with Crippen molar-refractivity contribution in [1.29, 1.82) is 0 Å². The molecule has 2 aromatic carbocycles. The average molecular weight is 463 g/mol. The molecule has 1 heterocycles. The summed E-state index contributed by atoms with van der Waals surface area (Å²) in [6.07, 6.45) is -0.153. The van der Waals surface area contributed by atoms with Crippen LogP contribution in [0.1, 0.15) is 40.9 Å². The SMILES string of the molecule is CC(CCNC(=O)OCC1c2ccccc2-c2ccccc21)C(=O)Nc1cc(C(=O)O)n(C)n1. The van der Waals surface area contributed by atoms with E-state index in [9.17, 15) is 14.4 Å². The number of nitrogens with zero attached hydrogens (tertiary/aromatic N) is 2. The Morgan fingerprint density at radius 1 is 1.09 bits per heavy atom. The van der Waals surface area contributed by atoms with E-state index in [-0.39, 0.29) is 36.5 Å². The number of anilines is 1. The first-order chi connectivity index (χ1) is 16.3. The Bertz CT molecular complexity index is 1190. The number of hydrogen-bond donors (Lipinski definition) is 3. The van der Waals surface area contributed by atoms with E-state index in [0.29, 0.717) is 6.42 Å². The second kappa shape index (κ2) is 9.78. The number of nitrogens with one attached hydrogen (secondary N) is 2. The van der Waals surface area contributed by atoms with Crippen molar-refractivity contribution in [1.82, 2.24) is 15.1 Å². The predicted octanol–water partition coefficient (Wildman–Crippen LogP) is 3.62. The van der Waals surface area contributed by atoms with E-state index in [2.05, 4.69) is 40.0 Å². The molecule has 34 heavy (non-hydrogen) atoms. The molecule has 0 saturated heterocycles. The Morgan fingerprint density at radius 2 is 1.71 bits per heavy atom. The molecule has 9 nitrogen and oxygen atoms in total. The lowest BCUT2D eigenvalue weighted by Gasteiger charge is -2.15. The number of fused-ring (bicyclic) bond motifs is 3. The molecule has 0 bridgehead atoms. The summed E-state index contributed by atoms with van der Waals surface area (Å²) < 4.78 is 6.68. The van der Waals surface area contributed by atoms with Crippen LogP contribution in [0.15, 0.2) is 54.6 Å². The zero-order valence-electron chi connectivity index (χ0n) is 18.9. The van der Waals surface area contributed by atoms with Gasteiger partial charge in [-0.25, -0.2) is 9.59 Å². The molecule has 0 aliphatic heterocycles. The fourth-order valence-electron chi connectivity index (χ4n) is 4.15. The number of rotatable bonds is 8. The lowest BCUT2D eigenvalue weighted by molar-refractivity contribution is -0.119. The molecular weight excluding hydrogens is 436 g/mol. The van der Waals surface area contributed by atoms with Crippen LogP contribution < -0.4 is 10.6 Å². The number of alkyl carbamates (subject to hydrolysis) is 1. The Hall–Kier alpha value is -4.14. The fourth-order valence-corrected chi connectivity index (χ4v) is 4.15. The van der Waals surface area contributed by atoms with Gasteiger partial charge in [-0.3, -0.25) is 9.48 Å². The van der Waals surface area contributed by atoms with Crippen molar-refractivity contribution in [3.8, 4) is 11.1 Å². The minimum Gasteiger partial charge on any atom is -0.477 e. The highest BCUT2D eigenvalue weighted by Crippen LogP contribution is 2.44. The van der Waals surface area contributed by atoms with Crippen molar-refractivity contribution in [2.24, 2.45) is 13.0 Å². The van der Waals surface area contributed by atoms with Gasteiger partial charge in [-0.2, -0.15) is 5.10 Å². The molecule has 3 N–H and O–H groups in total. The van der Waals surface area contributed by atoms with Gasteiger partial charge in [0.2, 0.25) is 5.91 Å². The number of carbonyl (C=O) groups excluding carboxylic acids is 2. The number of carbonyl (C=O) groups is 3. The molecule has 1 unspecified atom stereocenters. The smallest absolute Gasteiger partial charge is 0.407 e. The zero-order valence-corrected chi connectivity index (χ0v) is 18.9. The first kappa shape index (κ1) is 23.0. The minimum atomic E-state index is -1.13. The number of benzene rings is 2. The Morgan fingerprint density at radius 3 is 2.29 bits per heavy atom. The highest BCUT2D eigenvalue weighted by molar-refractivity contribution is 5.93. The average Bonchev–Trinajstić information content (AvgIpc) is 3.35. The molecule has 9 heteroatoms. The van der Waals surface area contributed by atoms with Gasteiger partial charge in [0, 0.05) is 31.5 Å². The van der Waals surface area contributed by atoms with Gasteiger partial charge in [-0.15, -0.1) is 0 Å². The molecule has 1 atom stereocenters. The third-order valence-corrected chi connectivity index (χ3v) is 5.99. The molecule has 3 aromatic rings. The third kappa shape index (κ3) is 4.78. The van der Waals surface area contributed by atoms with E-state index < -0.39 is 18.0 Å². The molecule has 1 aliphatic carbocycles. The van der Waals surface area contributed by atoms with Gasteiger partial charge in [0.15, 0.2) is 5.82 Å². The van der Waals surface area contributed by atoms with Crippen molar-refractivity contribution in [3.05, 3.63) is 71.4 Å². The molecule has 176 valence electrons.